The largest absolute Gasteiger partial charge is 0.506 e. The van der Waals surface area contributed by atoms with Crippen molar-refractivity contribution < 1.29 is 17.9 Å². The molecule has 8 heteroatoms. The molecule has 0 radical (unpaired) electrons. The number of fused-ring (bicyclic) bond motifs is 1. The number of hydrogen-bond donors (Lipinski definition) is 1. The van der Waals surface area contributed by atoms with E-state index >= 15 is 0 Å². The Morgan fingerprint density at radius 1 is 1.11 bits per heavy atom. The number of aliphatic imine (C=N–C) groups is 1. The highest BCUT2D eigenvalue weighted by atomic mass is 32.2. The minimum atomic E-state index is -3.23. The molecular formula is C19H16N2O5S. The second-order valence-corrected chi connectivity index (χ2v) is 8.18. The maximum Gasteiger partial charge on any atom is 0.348 e. The molecule has 1 aliphatic heterocycles. The first-order chi connectivity index (χ1) is 13.0. The van der Waals surface area contributed by atoms with E-state index < -0.39 is 15.6 Å². The van der Waals surface area contributed by atoms with Gasteiger partial charge in [0.1, 0.15) is 16.9 Å². The van der Waals surface area contributed by atoms with E-state index in [-0.39, 0.29) is 17.1 Å². The summed E-state index contributed by atoms with van der Waals surface area (Å²) in [4.78, 5) is 16.3. The van der Waals surface area contributed by atoms with Gasteiger partial charge in [-0.2, -0.15) is 0 Å². The summed E-state index contributed by atoms with van der Waals surface area (Å²) in [7, 11) is -3.23. The van der Waals surface area contributed by atoms with Crippen molar-refractivity contribution in [2.75, 3.05) is 16.6 Å². The van der Waals surface area contributed by atoms with Gasteiger partial charge >= 0.3 is 5.63 Å². The fraction of sp³-hybridized carbons (Fsp3) is 0.158. The third-order valence-corrected chi connectivity index (χ3v) is 6.27. The maximum atomic E-state index is 12.1. The van der Waals surface area contributed by atoms with E-state index in [0.717, 1.165) is 0 Å². The molecule has 0 spiro atoms. The van der Waals surface area contributed by atoms with Crippen LogP contribution in [0.4, 0.5) is 11.4 Å². The minimum Gasteiger partial charge on any atom is -0.506 e. The predicted octanol–water partition coefficient (Wildman–Crippen LogP) is 2.79. The lowest BCUT2D eigenvalue weighted by molar-refractivity contribution is 0.466. The van der Waals surface area contributed by atoms with Crippen molar-refractivity contribution >= 4 is 38.6 Å². The van der Waals surface area contributed by atoms with Crippen molar-refractivity contribution in [3.05, 3.63) is 64.5 Å². The summed E-state index contributed by atoms with van der Waals surface area (Å²) in [5.74, 6) is -0.0328. The van der Waals surface area contributed by atoms with Crippen LogP contribution in [0, 0.1) is 0 Å². The summed E-state index contributed by atoms with van der Waals surface area (Å²) in [5.41, 5.74) is 0.671. The lowest BCUT2D eigenvalue weighted by Gasteiger charge is -2.16. The number of sulfonamides is 1. The standard InChI is InChI=1S/C19H16N2O5S/c22-18-15-4-1-2-5-17(15)26-19(23)16(18)12-20-13-6-8-14(9-7-13)21-10-3-11-27(21,24)25/h1-2,4-9,12,22H,3,10-11H2. The molecule has 0 bridgehead atoms. The highest BCUT2D eigenvalue weighted by molar-refractivity contribution is 7.93. The van der Waals surface area contributed by atoms with Gasteiger partial charge in [-0.15, -0.1) is 0 Å². The Balaban J connectivity index is 1.64. The zero-order chi connectivity index (χ0) is 19.0. The van der Waals surface area contributed by atoms with E-state index in [1.54, 1.807) is 48.5 Å². The lowest BCUT2D eigenvalue weighted by Crippen LogP contribution is -2.24. The molecule has 1 fully saturated rings. The summed E-state index contributed by atoms with van der Waals surface area (Å²) in [6, 6.07) is 13.3. The van der Waals surface area contributed by atoms with Gasteiger partial charge in [-0.3, -0.25) is 9.30 Å². The molecule has 2 aromatic carbocycles. The number of aromatic hydroxyl groups is 1. The van der Waals surface area contributed by atoms with Crippen molar-refractivity contribution in [3.8, 4) is 5.75 Å². The van der Waals surface area contributed by atoms with Crippen LogP contribution >= 0.6 is 0 Å². The molecule has 4 rings (SSSR count). The SMILES string of the molecule is O=c1oc2ccccc2c(O)c1C=Nc1ccc(N2CCCS2(=O)=O)cc1. The average Bonchev–Trinajstić information content (AvgIpc) is 3.01. The Kier molecular flexibility index (Phi) is 4.19. The fourth-order valence-corrected chi connectivity index (χ4v) is 4.60. The Hall–Kier alpha value is -3.13. The Labute approximate surface area is 155 Å². The third kappa shape index (κ3) is 3.19. The molecule has 7 nitrogen and oxygen atoms in total. The summed E-state index contributed by atoms with van der Waals surface area (Å²) in [6.07, 6.45) is 1.86. The first-order valence-electron chi connectivity index (χ1n) is 8.35. The molecule has 27 heavy (non-hydrogen) atoms. The molecule has 0 atom stereocenters. The smallest absolute Gasteiger partial charge is 0.348 e. The van der Waals surface area contributed by atoms with Crippen LogP contribution in [-0.2, 0) is 10.0 Å². The van der Waals surface area contributed by atoms with Crippen molar-refractivity contribution in [1.29, 1.82) is 0 Å². The molecule has 1 saturated heterocycles. The van der Waals surface area contributed by atoms with Crippen LogP contribution in [0.2, 0.25) is 0 Å². The summed E-state index contributed by atoms with van der Waals surface area (Å²) < 4.78 is 30.5. The zero-order valence-electron chi connectivity index (χ0n) is 14.2. The van der Waals surface area contributed by atoms with E-state index in [4.69, 9.17) is 4.42 Å². The minimum absolute atomic E-state index is 0.0418. The molecule has 0 amide bonds. The van der Waals surface area contributed by atoms with Crippen molar-refractivity contribution in [1.82, 2.24) is 0 Å². The Morgan fingerprint density at radius 2 is 1.85 bits per heavy atom. The number of anilines is 1. The van der Waals surface area contributed by atoms with E-state index in [0.29, 0.717) is 35.3 Å². The molecule has 0 unspecified atom stereocenters. The molecule has 138 valence electrons. The second kappa shape index (κ2) is 6.55. The number of hydrogen-bond acceptors (Lipinski definition) is 6. The highest BCUT2D eigenvalue weighted by Gasteiger charge is 2.28. The van der Waals surface area contributed by atoms with Gasteiger partial charge in [0.05, 0.1) is 22.5 Å². The molecule has 0 saturated carbocycles. The Morgan fingerprint density at radius 3 is 2.56 bits per heavy atom. The van der Waals surface area contributed by atoms with Crippen LogP contribution in [0.5, 0.6) is 5.75 Å². The average molecular weight is 384 g/mol. The second-order valence-electron chi connectivity index (χ2n) is 6.16. The summed E-state index contributed by atoms with van der Waals surface area (Å²) in [6.45, 7) is 0.469. The molecule has 0 aliphatic carbocycles. The molecule has 3 aromatic rings. The highest BCUT2D eigenvalue weighted by Crippen LogP contribution is 2.27. The van der Waals surface area contributed by atoms with Gasteiger partial charge in [-0.1, -0.05) is 12.1 Å². The normalized spacial score (nSPS) is 16.4. The van der Waals surface area contributed by atoms with Crippen LogP contribution < -0.4 is 9.93 Å². The van der Waals surface area contributed by atoms with Crippen molar-refractivity contribution in [2.45, 2.75) is 6.42 Å². The quantitative estimate of drug-likeness (QED) is 0.553. The van der Waals surface area contributed by atoms with Crippen LogP contribution in [0.1, 0.15) is 12.0 Å². The van der Waals surface area contributed by atoms with Gasteiger partial charge in [0.2, 0.25) is 10.0 Å². The third-order valence-electron chi connectivity index (χ3n) is 4.40. The first-order valence-corrected chi connectivity index (χ1v) is 9.96. The Bertz CT molecular complexity index is 1200. The van der Waals surface area contributed by atoms with Gasteiger partial charge in [-0.05, 0) is 42.8 Å². The number of nitrogens with zero attached hydrogens (tertiary/aromatic N) is 2. The fourth-order valence-electron chi connectivity index (χ4n) is 3.04. The summed E-state index contributed by atoms with van der Waals surface area (Å²) in [5, 5.41) is 10.8. The molecule has 1 N–H and O–H groups in total. The lowest BCUT2D eigenvalue weighted by atomic mass is 10.1. The molecular weight excluding hydrogens is 368 g/mol. The number of para-hydroxylation sites is 1. The van der Waals surface area contributed by atoms with E-state index in [9.17, 15) is 18.3 Å². The van der Waals surface area contributed by atoms with Crippen LogP contribution in [-0.4, -0.2) is 32.0 Å². The van der Waals surface area contributed by atoms with Crippen LogP contribution in [0.15, 0.2) is 62.7 Å². The van der Waals surface area contributed by atoms with Gasteiger partial charge in [0, 0.05) is 12.8 Å². The van der Waals surface area contributed by atoms with E-state index in [1.807, 2.05) is 0 Å². The number of rotatable bonds is 3. The molecule has 2 heterocycles. The molecule has 1 aromatic heterocycles. The zero-order valence-corrected chi connectivity index (χ0v) is 15.0. The predicted molar refractivity (Wildman–Crippen MR) is 104 cm³/mol. The topological polar surface area (TPSA) is 100 Å². The molecule has 1 aliphatic rings. The summed E-state index contributed by atoms with van der Waals surface area (Å²) >= 11 is 0. The van der Waals surface area contributed by atoms with Crippen LogP contribution in [0.25, 0.3) is 11.0 Å². The first kappa shape index (κ1) is 17.3. The van der Waals surface area contributed by atoms with Gasteiger partial charge < -0.3 is 9.52 Å². The van der Waals surface area contributed by atoms with Crippen molar-refractivity contribution in [2.24, 2.45) is 4.99 Å². The van der Waals surface area contributed by atoms with Gasteiger partial charge in [0.15, 0.2) is 0 Å². The number of benzene rings is 2. The van der Waals surface area contributed by atoms with Crippen LogP contribution in [0.3, 0.4) is 0 Å². The monoisotopic (exact) mass is 384 g/mol. The van der Waals surface area contributed by atoms with E-state index in [2.05, 4.69) is 4.99 Å². The van der Waals surface area contributed by atoms with E-state index in [1.165, 1.54) is 10.5 Å². The van der Waals surface area contributed by atoms with Gasteiger partial charge in [0.25, 0.3) is 0 Å². The van der Waals surface area contributed by atoms with Crippen molar-refractivity contribution in [3.63, 3.8) is 0 Å². The maximum absolute atomic E-state index is 12.1. The van der Waals surface area contributed by atoms with Gasteiger partial charge in [-0.25, -0.2) is 13.2 Å².